The summed E-state index contributed by atoms with van der Waals surface area (Å²) in [6, 6.07) is -0.537. The molecule has 0 saturated heterocycles. The summed E-state index contributed by atoms with van der Waals surface area (Å²) in [6.45, 7) is 5.02. The number of rotatable bonds is 82. The van der Waals surface area contributed by atoms with E-state index in [1.807, 2.05) is 0 Å². The lowest BCUT2D eigenvalue weighted by molar-refractivity contribution is -0.143. The summed E-state index contributed by atoms with van der Waals surface area (Å²) in [7, 11) is 0. The molecule has 6 nitrogen and oxygen atoms in total. The van der Waals surface area contributed by atoms with E-state index in [2.05, 4.69) is 19.2 Å². The van der Waals surface area contributed by atoms with E-state index >= 15 is 0 Å². The van der Waals surface area contributed by atoms with Crippen LogP contribution in [0.4, 0.5) is 0 Å². The Morgan fingerprint density at radius 3 is 0.670 bits per heavy atom. The summed E-state index contributed by atoms with van der Waals surface area (Å²) in [5, 5.41) is 23.5. The Balaban J connectivity index is 3.30. The van der Waals surface area contributed by atoms with Crippen molar-refractivity contribution in [2.24, 2.45) is 0 Å². The molecule has 0 aliphatic rings. The van der Waals surface area contributed by atoms with Crippen molar-refractivity contribution < 1.29 is 24.5 Å². The van der Waals surface area contributed by atoms with Crippen LogP contribution < -0.4 is 5.32 Å². The predicted octanol–water partition coefficient (Wildman–Crippen LogP) is 28.4. The molecule has 2 unspecified atom stereocenters. The Kier molecular flexibility index (Phi) is 80.3. The number of aliphatic hydroxyl groups excluding tert-OH is 2. The number of unbranched alkanes of at least 4 members (excludes halogenated alkanes) is 71. The monoisotopic (exact) mass is 1280 g/mol. The Morgan fingerprint density at radius 1 is 0.264 bits per heavy atom. The van der Waals surface area contributed by atoms with Crippen molar-refractivity contribution in [3.05, 3.63) is 0 Å². The minimum atomic E-state index is -0.661. The highest BCUT2D eigenvalue weighted by Gasteiger charge is 2.20. The highest BCUT2D eigenvalue weighted by atomic mass is 16.5. The molecule has 0 aromatic heterocycles. The molecule has 0 aromatic carbocycles. The molecule has 0 aliphatic carbocycles. The third-order valence-corrected chi connectivity index (χ3v) is 20.7. The normalized spacial score (nSPS) is 12.4. The molecule has 544 valence electrons. The van der Waals surface area contributed by atoms with Crippen LogP contribution in [0.3, 0.4) is 0 Å². The molecular formula is C85H169NO5. The van der Waals surface area contributed by atoms with Crippen molar-refractivity contribution in [3.63, 3.8) is 0 Å². The summed E-state index contributed by atoms with van der Waals surface area (Å²) in [5.41, 5.74) is 0. The number of carbonyl (C=O) groups excluding carboxylic acids is 2. The smallest absolute Gasteiger partial charge is 0.305 e. The van der Waals surface area contributed by atoms with Gasteiger partial charge >= 0.3 is 5.97 Å². The highest BCUT2D eigenvalue weighted by Crippen LogP contribution is 2.21. The second kappa shape index (κ2) is 81.3. The van der Waals surface area contributed by atoms with Gasteiger partial charge in [0.25, 0.3) is 0 Å². The maximum absolute atomic E-state index is 12.6. The molecule has 0 bridgehead atoms. The van der Waals surface area contributed by atoms with Gasteiger partial charge in [-0.3, -0.25) is 9.59 Å². The zero-order chi connectivity index (χ0) is 65.6. The van der Waals surface area contributed by atoms with Gasteiger partial charge in [-0.2, -0.15) is 0 Å². The Labute approximate surface area is 572 Å². The first-order valence-corrected chi connectivity index (χ1v) is 42.8. The van der Waals surface area contributed by atoms with Crippen molar-refractivity contribution in [1.29, 1.82) is 0 Å². The first-order valence-electron chi connectivity index (χ1n) is 42.8. The van der Waals surface area contributed by atoms with Gasteiger partial charge in [0.05, 0.1) is 25.4 Å². The highest BCUT2D eigenvalue weighted by molar-refractivity contribution is 5.76. The SMILES string of the molecule is CCCCCCCCCCCCCCCCCCCCCCCCCCC(O)C(CO)NC(=O)CCCCCCCCCCCCCCCCCCCCCCCCCCCCCCCCCCCCCCCOC(=O)CCCCCCCCCCCCCCC. The van der Waals surface area contributed by atoms with E-state index in [1.165, 1.54) is 437 Å². The van der Waals surface area contributed by atoms with Crippen molar-refractivity contribution in [3.8, 4) is 0 Å². The van der Waals surface area contributed by atoms with Crippen LogP contribution in [0.25, 0.3) is 0 Å². The molecule has 0 aliphatic heterocycles. The second-order valence-corrected chi connectivity index (χ2v) is 29.9. The number of amides is 1. The number of ether oxygens (including phenoxy) is 1. The van der Waals surface area contributed by atoms with Crippen LogP contribution in [0, 0.1) is 0 Å². The summed E-state index contributed by atoms with van der Waals surface area (Å²) in [6.07, 6.45) is 102. The standard InChI is InChI=1S/C85H169NO5/c1-3-5-7-9-11-13-15-17-18-19-20-21-22-38-41-44-47-50-54-57-61-65-69-73-77-83(88)82(81-87)86-84(89)78-74-70-66-62-58-55-51-48-45-42-39-36-34-32-30-28-26-24-23-25-27-29-31-33-35-37-40-43-46-49-52-56-60-64-68-72-76-80-91-85(90)79-75-71-67-63-59-53-16-14-12-10-8-6-4-2/h82-83,87-88H,3-81H2,1-2H3,(H,86,89). The van der Waals surface area contributed by atoms with Crippen molar-refractivity contribution in [2.75, 3.05) is 13.2 Å². The fourth-order valence-corrected chi connectivity index (χ4v) is 14.2. The van der Waals surface area contributed by atoms with E-state index < -0.39 is 12.1 Å². The number of esters is 1. The zero-order valence-corrected chi connectivity index (χ0v) is 62.6. The van der Waals surface area contributed by atoms with E-state index in [-0.39, 0.29) is 18.5 Å². The average molecular weight is 1290 g/mol. The van der Waals surface area contributed by atoms with Crippen LogP contribution >= 0.6 is 0 Å². The first kappa shape index (κ1) is 89.9. The predicted molar refractivity (Wildman–Crippen MR) is 403 cm³/mol. The molecule has 3 N–H and O–H groups in total. The van der Waals surface area contributed by atoms with Crippen LogP contribution in [0.2, 0.25) is 0 Å². The van der Waals surface area contributed by atoms with E-state index in [0.29, 0.717) is 25.9 Å². The Morgan fingerprint density at radius 2 is 0.451 bits per heavy atom. The van der Waals surface area contributed by atoms with Crippen molar-refractivity contribution in [2.45, 2.75) is 520 Å². The number of hydrogen-bond donors (Lipinski definition) is 3. The Hall–Kier alpha value is -1.14. The van der Waals surface area contributed by atoms with Gasteiger partial charge in [0, 0.05) is 12.8 Å². The van der Waals surface area contributed by atoms with E-state index in [4.69, 9.17) is 4.74 Å². The lowest BCUT2D eigenvalue weighted by Gasteiger charge is -2.22. The van der Waals surface area contributed by atoms with Gasteiger partial charge in [-0.25, -0.2) is 0 Å². The number of aliphatic hydroxyl groups is 2. The molecule has 0 saturated carbocycles. The summed E-state index contributed by atoms with van der Waals surface area (Å²) in [5.74, 6) is 0.00422. The minimum Gasteiger partial charge on any atom is -0.466 e. The van der Waals surface area contributed by atoms with Gasteiger partial charge in [0.1, 0.15) is 0 Å². The summed E-state index contributed by atoms with van der Waals surface area (Å²) < 4.78 is 5.50. The van der Waals surface area contributed by atoms with Gasteiger partial charge in [-0.15, -0.1) is 0 Å². The number of nitrogens with one attached hydrogen (secondary N) is 1. The molecule has 0 fully saturated rings. The van der Waals surface area contributed by atoms with Crippen LogP contribution in [0.15, 0.2) is 0 Å². The van der Waals surface area contributed by atoms with Crippen LogP contribution in [-0.4, -0.2) is 47.4 Å². The van der Waals surface area contributed by atoms with Gasteiger partial charge in [-0.1, -0.05) is 470 Å². The third kappa shape index (κ3) is 77.7. The molecule has 1 amide bonds. The number of hydrogen-bond acceptors (Lipinski definition) is 5. The lowest BCUT2D eigenvalue weighted by atomic mass is 10.0. The minimum absolute atomic E-state index is 0.0222. The lowest BCUT2D eigenvalue weighted by Crippen LogP contribution is -2.45. The zero-order valence-electron chi connectivity index (χ0n) is 62.6. The molecule has 6 heteroatoms. The summed E-state index contributed by atoms with van der Waals surface area (Å²) >= 11 is 0. The van der Waals surface area contributed by atoms with Gasteiger partial charge in [0.2, 0.25) is 5.91 Å². The van der Waals surface area contributed by atoms with E-state index in [0.717, 1.165) is 38.5 Å². The Bertz CT molecular complexity index is 1340. The molecule has 0 aromatic rings. The maximum Gasteiger partial charge on any atom is 0.305 e. The fourth-order valence-electron chi connectivity index (χ4n) is 14.2. The average Bonchev–Trinajstić information content (AvgIpc) is 3.61. The summed E-state index contributed by atoms with van der Waals surface area (Å²) in [4.78, 5) is 24.7. The van der Waals surface area contributed by atoms with E-state index in [1.54, 1.807) is 0 Å². The molecule has 0 rings (SSSR count). The maximum atomic E-state index is 12.6. The van der Waals surface area contributed by atoms with Crippen molar-refractivity contribution >= 4 is 11.9 Å². The molecule has 0 spiro atoms. The molecular weight excluding hydrogens is 1110 g/mol. The van der Waals surface area contributed by atoms with Gasteiger partial charge < -0.3 is 20.3 Å². The van der Waals surface area contributed by atoms with Gasteiger partial charge in [0.15, 0.2) is 0 Å². The van der Waals surface area contributed by atoms with Crippen LogP contribution in [0.1, 0.15) is 508 Å². The first-order chi connectivity index (χ1) is 45.0. The number of carbonyl (C=O) groups is 2. The second-order valence-electron chi connectivity index (χ2n) is 29.9. The van der Waals surface area contributed by atoms with E-state index in [9.17, 15) is 19.8 Å². The molecule has 91 heavy (non-hydrogen) atoms. The van der Waals surface area contributed by atoms with Crippen LogP contribution in [-0.2, 0) is 14.3 Å². The van der Waals surface area contributed by atoms with Crippen LogP contribution in [0.5, 0.6) is 0 Å². The largest absolute Gasteiger partial charge is 0.466 e. The quantitative estimate of drug-likeness (QED) is 0.0417. The molecule has 0 heterocycles. The van der Waals surface area contributed by atoms with Crippen molar-refractivity contribution in [1.82, 2.24) is 5.32 Å². The molecule has 0 radical (unpaired) electrons. The third-order valence-electron chi connectivity index (χ3n) is 20.7. The topological polar surface area (TPSA) is 95.9 Å². The molecule has 2 atom stereocenters. The van der Waals surface area contributed by atoms with Gasteiger partial charge in [-0.05, 0) is 25.7 Å². The fraction of sp³-hybridized carbons (Fsp3) is 0.976.